The molecule has 2 aromatic rings. The van der Waals surface area contributed by atoms with Crippen LogP contribution in [0.15, 0.2) is 23.6 Å². The molecule has 24 heavy (non-hydrogen) atoms. The van der Waals surface area contributed by atoms with E-state index in [0.29, 0.717) is 6.54 Å². The number of halogens is 3. The van der Waals surface area contributed by atoms with E-state index >= 15 is 0 Å². The summed E-state index contributed by atoms with van der Waals surface area (Å²) in [5.41, 5.74) is -1.03. The number of hydrogen-bond acceptors (Lipinski definition) is 6. The van der Waals surface area contributed by atoms with Gasteiger partial charge in [0.2, 0.25) is 5.95 Å². The third-order valence-corrected chi connectivity index (χ3v) is 4.23. The summed E-state index contributed by atoms with van der Waals surface area (Å²) in [7, 11) is 0. The SMILES string of the molecule is CC(C)[C@@H](CO)Nc1nc(NCc2cccs2)cc(C(F)(F)F)n1. The van der Waals surface area contributed by atoms with Crippen molar-refractivity contribution >= 4 is 23.1 Å². The normalized spacial score (nSPS) is 13.1. The van der Waals surface area contributed by atoms with Gasteiger partial charge in [-0.05, 0) is 17.4 Å². The number of aromatic nitrogens is 2. The topological polar surface area (TPSA) is 70.1 Å². The first-order valence-corrected chi connectivity index (χ1v) is 8.27. The minimum absolute atomic E-state index is 0.00988. The Kier molecular flexibility index (Phi) is 6.00. The van der Waals surface area contributed by atoms with E-state index in [0.717, 1.165) is 10.9 Å². The second-order valence-corrected chi connectivity index (χ2v) is 6.60. The van der Waals surface area contributed by atoms with E-state index < -0.39 is 17.9 Å². The number of alkyl halides is 3. The lowest BCUT2D eigenvalue weighted by molar-refractivity contribution is -0.141. The molecule has 3 N–H and O–H groups in total. The minimum atomic E-state index is -4.58. The van der Waals surface area contributed by atoms with Gasteiger partial charge in [0.15, 0.2) is 5.69 Å². The fraction of sp³-hybridized carbons (Fsp3) is 0.467. The van der Waals surface area contributed by atoms with Gasteiger partial charge in [-0.3, -0.25) is 0 Å². The highest BCUT2D eigenvalue weighted by Crippen LogP contribution is 2.30. The Morgan fingerprint density at radius 1 is 1.29 bits per heavy atom. The van der Waals surface area contributed by atoms with Crippen LogP contribution in [-0.2, 0) is 12.7 Å². The molecule has 0 unspecified atom stereocenters. The van der Waals surface area contributed by atoms with Crippen molar-refractivity contribution in [2.24, 2.45) is 5.92 Å². The fourth-order valence-corrected chi connectivity index (χ4v) is 2.57. The van der Waals surface area contributed by atoms with Crippen LogP contribution < -0.4 is 10.6 Å². The van der Waals surface area contributed by atoms with Crippen LogP contribution >= 0.6 is 11.3 Å². The molecule has 0 amide bonds. The Hall–Kier alpha value is -1.87. The van der Waals surface area contributed by atoms with Crippen molar-refractivity contribution < 1.29 is 18.3 Å². The highest BCUT2D eigenvalue weighted by Gasteiger charge is 2.34. The predicted molar refractivity (Wildman–Crippen MR) is 88.0 cm³/mol. The van der Waals surface area contributed by atoms with Crippen LogP contribution in [0.25, 0.3) is 0 Å². The largest absolute Gasteiger partial charge is 0.433 e. The zero-order valence-electron chi connectivity index (χ0n) is 13.3. The molecule has 1 atom stereocenters. The van der Waals surface area contributed by atoms with Gasteiger partial charge in [-0.25, -0.2) is 4.98 Å². The second kappa shape index (κ2) is 7.80. The maximum atomic E-state index is 13.0. The molecule has 132 valence electrons. The summed E-state index contributed by atoms with van der Waals surface area (Å²) in [5, 5.41) is 16.9. The van der Waals surface area contributed by atoms with Crippen LogP contribution in [0.4, 0.5) is 24.9 Å². The van der Waals surface area contributed by atoms with Crippen molar-refractivity contribution in [3.8, 4) is 0 Å². The van der Waals surface area contributed by atoms with Gasteiger partial charge in [0.1, 0.15) is 5.82 Å². The third kappa shape index (κ3) is 5.07. The Morgan fingerprint density at radius 2 is 2.04 bits per heavy atom. The van der Waals surface area contributed by atoms with E-state index in [-0.39, 0.29) is 24.3 Å². The average Bonchev–Trinajstić information content (AvgIpc) is 3.02. The van der Waals surface area contributed by atoms with Crippen molar-refractivity contribution in [2.45, 2.75) is 32.6 Å². The molecule has 0 aliphatic carbocycles. The summed E-state index contributed by atoms with van der Waals surface area (Å²) in [5.74, 6) is -0.0735. The second-order valence-electron chi connectivity index (χ2n) is 5.57. The first-order chi connectivity index (χ1) is 11.3. The van der Waals surface area contributed by atoms with Crippen LogP contribution in [0.5, 0.6) is 0 Å². The molecule has 2 rings (SSSR count). The van der Waals surface area contributed by atoms with Crippen molar-refractivity contribution in [3.05, 3.63) is 34.2 Å². The zero-order valence-corrected chi connectivity index (χ0v) is 14.1. The lowest BCUT2D eigenvalue weighted by atomic mass is 10.1. The number of aliphatic hydroxyl groups excluding tert-OH is 1. The van der Waals surface area contributed by atoms with Crippen LogP contribution in [0.2, 0.25) is 0 Å². The molecule has 0 saturated carbocycles. The van der Waals surface area contributed by atoms with Gasteiger partial charge in [0.25, 0.3) is 0 Å². The van der Waals surface area contributed by atoms with Crippen LogP contribution in [0.1, 0.15) is 24.4 Å². The van der Waals surface area contributed by atoms with Crippen molar-refractivity contribution in [3.63, 3.8) is 0 Å². The highest BCUT2D eigenvalue weighted by molar-refractivity contribution is 7.09. The van der Waals surface area contributed by atoms with Crippen LogP contribution in [0, 0.1) is 5.92 Å². The molecule has 0 aromatic carbocycles. The molecule has 0 radical (unpaired) electrons. The summed E-state index contributed by atoms with van der Waals surface area (Å²) in [6.45, 7) is 3.84. The van der Waals surface area contributed by atoms with Gasteiger partial charge in [0, 0.05) is 10.9 Å². The average molecular weight is 360 g/mol. The molecule has 0 fully saturated rings. The standard InChI is InChI=1S/C15H19F3N4OS/c1-9(2)11(8-23)20-14-21-12(15(16,17)18)6-13(22-14)19-7-10-4-3-5-24-10/h3-6,9,11,23H,7-8H2,1-2H3,(H2,19,20,21,22)/t11-/m1/s1. The number of nitrogens with zero attached hydrogens (tertiary/aromatic N) is 2. The molecule has 0 aliphatic heterocycles. The van der Waals surface area contributed by atoms with E-state index in [9.17, 15) is 18.3 Å². The maximum absolute atomic E-state index is 13.0. The van der Waals surface area contributed by atoms with Gasteiger partial charge >= 0.3 is 6.18 Å². The van der Waals surface area contributed by atoms with Crippen LogP contribution in [-0.4, -0.2) is 27.7 Å². The number of nitrogens with one attached hydrogen (secondary N) is 2. The summed E-state index contributed by atoms with van der Waals surface area (Å²) in [6, 6.07) is 4.19. The maximum Gasteiger partial charge on any atom is 0.433 e. The van der Waals surface area contributed by atoms with Gasteiger partial charge in [0.05, 0.1) is 19.2 Å². The summed E-state index contributed by atoms with van der Waals surface area (Å²) < 4.78 is 39.1. The van der Waals surface area contributed by atoms with E-state index in [4.69, 9.17) is 0 Å². The van der Waals surface area contributed by atoms with E-state index in [1.165, 1.54) is 11.3 Å². The predicted octanol–water partition coefficient (Wildman–Crippen LogP) is 3.60. The monoisotopic (exact) mass is 360 g/mol. The molecular formula is C15H19F3N4OS. The number of aliphatic hydroxyl groups is 1. The minimum Gasteiger partial charge on any atom is -0.394 e. The lowest BCUT2D eigenvalue weighted by Crippen LogP contribution is -2.30. The third-order valence-electron chi connectivity index (χ3n) is 3.36. The fourth-order valence-electron chi connectivity index (χ4n) is 1.93. The smallest absolute Gasteiger partial charge is 0.394 e. The Labute approximate surface area is 142 Å². The number of anilines is 2. The quantitative estimate of drug-likeness (QED) is 0.704. The van der Waals surface area contributed by atoms with E-state index in [1.54, 1.807) is 0 Å². The first kappa shape index (κ1) is 18.5. The molecule has 5 nitrogen and oxygen atoms in total. The molecule has 2 heterocycles. The van der Waals surface area contributed by atoms with Crippen LogP contribution in [0.3, 0.4) is 0 Å². The Bertz CT molecular complexity index is 647. The summed E-state index contributed by atoms with van der Waals surface area (Å²) in [6.07, 6.45) is -4.58. The number of thiophene rings is 1. The number of rotatable bonds is 7. The van der Waals surface area contributed by atoms with Gasteiger partial charge in [-0.15, -0.1) is 11.3 Å². The Balaban J connectivity index is 2.23. The summed E-state index contributed by atoms with van der Waals surface area (Å²) >= 11 is 1.50. The van der Waals surface area contributed by atoms with E-state index in [2.05, 4.69) is 20.6 Å². The molecule has 0 bridgehead atoms. The van der Waals surface area contributed by atoms with Gasteiger partial charge < -0.3 is 15.7 Å². The molecule has 0 saturated heterocycles. The number of hydrogen-bond donors (Lipinski definition) is 3. The first-order valence-electron chi connectivity index (χ1n) is 7.39. The van der Waals surface area contributed by atoms with Crippen molar-refractivity contribution in [1.82, 2.24) is 9.97 Å². The summed E-state index contributed by atoms with van der Waals surface area (Å²) in [4.78, 5) is 8.58. The zero-order chi connectivity index (χ0) is 17.7. The molecular weight excluding hydrogens is 341 g/mol. The molecule has 0 spiro atoms. The lowest BCUT2D eigenvalue weighted by Gasteiger charge is -2.21. The van der Waals surface area contributed by atoms with Crippen molar-refractivity contribution in [1.29, 1.82) is 0 Å². The Morgan fingerprint density at radius 3 is 2.58 bits per heavy atom. The molecule has 2 aromatic heterocycles. The molecule has 0 aliphatic rings. The highest BCUT2D eigenvalue weighted by atomic mass is 32.1. The van der Waals surface area contributed by atoms with E-state index in [1.807, 2.05) is 31.4 Å². The molecule has 9 heteroatoms. The van der Waals surface area contributed by atoms with Crippen molar-refractivity contribution in [2.75, 3.05) is 17.2 Å². The van der Waals surface area contributed by atoms with Gasteiger partial charge in [-0.1, -0.05) is 19.9 Å². The van der Waals surface area contributed by atoms with Gasteiger partial charge in [-0.2, -0.15) is 18.2 Å².